The highest BCUT2D eigenvalue weighted by Gasteiger charge is 2.31. The molecule has 2 aromatic carbocycles. The predicted octanol–water partition coefficient (Wildman–Crippen LogP) is 5.42. The molecule has 2 aromatic rings. The number of esters is 2. The third-order valence-electron chi connectivity index (χ3n) is 4.40. The van der Waals surface area contributed by atoms with Crippen LogP contribution >= 0.6 is 45.2 Å². The van der Waals surface area contributed by atoms with Crippen LogP contribution in [-0.2, 0) is 41.8 Å². The molecular weight excluding hydrogens is 642 g/mol. The van der Waals surface area contributed by atoms with Gasteiger partial charge < -0.3 is 18.9 Å². The van der Waals surface area contributed by atoms with E-state index in [0.717, 1.165) is 11.1 Å². The first-order chi connectivity index (χ1) is 15.3. The molecule has 2 rings (SSSR count). The second-order valence-electron chi connectivity index (χ2n) is 6.95. The van der Waals surface area contributed by atoms with Crippen molar-refractivity contribution >= 4 is 63.3 Å². The van der Waals surface area contributed by atoms with Crippen LogP contribution in [0, 0.1) is 11.8 Å². The maximum Gasteiger partial charge on any atom is 0.510 e. The zero-order valence-corrected chi connectivity index (χ0v) is 21.9. The van der Waals surface area contributed by atoms with E-state index in [1.54, 1.807) is 13.8 Å². The third kappa shape index (κ3) is 8.93. The molecule has 0 amide bonds. The van der Waals surface area contributed by atoms with Crippen molar-refractivity contribution in [3.63, 3.8) is 0 Å². The van der Waals surface area contributed by atoms with Crippen molar-refractivity contribution in [3.05, 3.63) is 71.8 Å². The summed E-state index contributed by atoms with van der Waals surface area (Å²) >= 11 is 3.66. The van der Waals surface area contributed by atoms with Gasteiger partial charge in [0.2, 0.25) is 0 Å². The van der Waals surface area contributed by atoms with Crippen LogP contribution < -0.4 is 0 Å². The standard InChI is InChI=1S/C23H24I2O7/c1-15(21(26)29-13-17-9-5-3-6-10-17)19(24)31-23(28)32-20(25)16(2)22(27)30-14-18-11-7-4-8-12-18/h3-12,15-16,19-20H,13-14H2,1-2H3/t15-,16-,19?,20?/m1/s1. The van der Waals surface area contributed by atoms with Crippen molar-refractivity contribution in [1.29, 1.82) is 0 Å². The number of halogens is 2. The summed E-state index contributed by atoms with van der Waals surface area (Å²) in [5.74, 6) is -2.39. The van der Waals surface area contributed by atoms with Crippen molar-refractivity contribution in [2.75, 3.05) is 0 Å². The highest BCUT2D eigenvalue weighted by atomic mass is 127. The number of carbonyl (C=O) groups is 3. The van der Waals surface area contributed by atoms with Gasteiger partial charge in [0.1, 0.15) is 25.0 Å². The fraction of sp³-hybridized carbons (Fsp3) is 0.348. The molecule has 32 heavy (non-hydrogen) atoms. The Hall–Kier alpha value is -1.89. The molecule has 0 bridgehead atoms. The fourth-order valence-electron chi connectivity index (χ4n) is 2.35. The zero-order chi connectivity index (χ0) is 23.5. The summed E-state index contributed by atoms with van der Waals surface area (Å²) in [4.78, 5) is 36.6. The minimum atomic E-state index is -0.978. The first-order valence-corrected chi connectivity index (χ1v) is 12.3. The van der Waals surface area contributed by atoms with Gasteiger partial charge in [0.25, 0.3) is 0 Å². The second kappa shape index (κ2) is 13.6. The number of ether oxygens (including phenoxy) is 4. The molecule has 0 fully saturated rings. The first kappa shape index (κ1) is 26.4. The minimum Gasteiger partial charge on any atom is -0.460 e. The molecule has 0 aliphatic heterocycles. The number of rotatable bonds is 10. The van der Waals surface area contributed by atoms with Crippen LogP contribution in [0.1, 0.15) is 25.0 Å². The Morgan fingerprint density at radius 1 is 0.688 bits per heavy atom. The van der Waals surface area contributed by atoms with Crippen LogP contribution in [0.4, 0.5) is 4.79 Å². The summed E-state index contributed by atoms with van der Waals surface area (Å²) in [5.41, 5.74) is 1.72. The van der Waals surface area contributed by atoms with Gasteiger partial charge in [0, 0.05) is 0 Å². The monoisotopic (exact) mass is 666 g/mol. The van der Waals surface area contributed by atoms with Crippen LogP contribution in [0.3, 0.4) is 0 Å². The molecule has 7 nitrogen and oxygen atoms in total. The number of alkyl halides is 2. The van der Waals surface area contributed by atoms with E-state index in [2.05, 4.69) is 0 Å². The van der Waals surface area contributed by atoms with Crippen LogP contribution in [0.15, 0.2) is 60.7 Å². The maximum absolute atomic E-state index is 12.2. The highest BCUT2D eigenvalue weighted by molar-refractivity contribution is 14.1. The summed E-state index contributed by atoms with van der Waals surface area (Å²) < 4.78 is 19.3. The molecule has 0 aliphatic rings. The van der Waals surface area contributed by atoms with E-state index in [9.17, 15) is 14.4 Å². The number of benzene rings is 2. The summed E-state index contributed by atoms with van der Waals surface area (Å²) in [6.45, 7) is 3.47. The molecule has 2 unspecified atom stereocenters. The van der Waals surface area contributed by atoms with Gasteiger partial charge in [0.05, 0.1) is 0 Å². The topological polar surface area (TPSA) is 88.1 Å². The van der Waals surface area contributed by atoms with Crippen LogP contribution in [-0.4, -0.2) is 26.3 Å². The lowest BCUT2D eigenvalue weighted by atomic mass is 10.2. The van der Waals surface area contributed by atoms with Gasteiger partial charge in [-0.3, -0.25) is 9.59 Å². The molecule has 0 aliphatic carbocycles. The Balaban J connectivity index is 1.74. The smallest absolute Gasteiger partial charge is 0.460 e. The van der Waals surface area contributed by atoms with E-state index in [0.29, 0.717) is 0 Å². The number of carbonyl (C=O) groups excluding carboxylic acids is 3. The Morgan fingerprint density at radius 2 is 1.03 bits per heavy atom. The quantitative estimate of drug-likeness (QED) is 0.145. The molecule has 9 heteroatoms. The van der Waals surface area contributed by atoms with E-state index in [1.807, 2.05) is 106 Å². The van der Waals surface area contributed by atoms with Gasteiger partial charge in [-0.1, -0.05) is 60.7 Å². The van der Waals surface area contributed by atoms with E-state index >= 15 is 0 Å². The molecular formula is C23H24I2O7. The highest BCUT2D eigenvalue weighted by Crippen LogP contribution is 2.22. The Kier molecular flexibility index (Phi) is 11.2. The van der Waals surface area contributed by atoms with Crippen molar-refractivity contribution in [3.8, 4) is 0 Å². The number of hydrogen-bond donors (Lipinski definition) is 0. The van der Waals surface area contributed by atoms with Gasteiger partial charge in [-0.2, -0.15) is 0 Å². The van der Waals surface area contributed by atoms with Crippen molar-refractivity contribution in [2.24, 2.45) is 11.8 Å². The summed E-state index contributed by atoms with van der Waals surface area (Å²) in [7, 11) is 0. The van der Waals surface area contributed by atoms with E-state index < -0.39 is 38.2 Å². The average Bonchev–Trinajstić information content (AvgIpc) is 2.81. The van der Waals surface area contributed by atoms with Crippen molar-refractivity contribution in [2.45, 2.75) is 35.3 Å². The molecule has 0 aromatic heterocycles. The maximum atomic E-state index is 12.2. The van der Waals surface area contributed by atoms with Crippen molar-refractivity contribution < 1.29 is 33.3 Å². The molecule has 0 spiro atoms. The van der Waals surface area contributed by atoms with Gasteiger partial charge in [-0.05, 0) is 70.2 Å². The lowest BCUT2D eigenvalue weighted by Crippen LogP contribution is -2.31. The lowest BCUT2D eigenvalue weighted by molar-refractivity contribution is -0.151. The Labute approximate surface area is 214 Å². The molecule has 0 N–H and O–H groups in total. The third-order valence-corrected chi connectivity index (χ3v) is 7.06. The molecule has 0 heterocycles. The first-order valence-electron chi connectivity index (χ1n) is 9.84. The molecule has 0 saturated carbocycles. The summed E-state index contributed by atoms with van der Waals surface area (Å²) in [6, 6.07) is 18.5. The van der Waals surface area contributed by atoms with Crippen LogP contribution in [0.2, 0.25) is 0 Å². The van der Waals surface area contributed by atoms with E-state index in [1.165, 1.54) is 0 Å². The Morgan fingerprint density at radius 3 is 1.38 bits per heavy atom. The summed E-state index contributed by atoms with van der Waals surface area (Å²) in [6.07, 6.45) is -0.978. The fourth-order valence-corrected chi connectivity index (χ4v) is 3.35. The molecule has 0 radical (unpaired) electrons. The largest absolute Gasteiger partial charge is 0.510 e. The van der Waals surface area contributed by atoms with E-state index in [4.69, 9.17) is 18.9 Å². The average molecular weight is 666 g/mol. The minimum absolute atomic E-state index is 0.135. The summed E-state index contributed by atoms with van der Waals surface area (Å²) in [5, 5.41) is 0. The number of hydrogen-bond acceptors (Lipinski definition) is 7. The van der Waals surface area contributed by atoms with Gasteiger partial charge >= 0.3 is 18.1 Å². The predicted molar refractivity (Wildman–Crippen MR) is 134 cm³/mol. The lowest BCUT2D eigenvalue weighted by Gasteiger charge is -2.21. The molecule has 172 valence electrons. The van der Waals surface area contributed by atoms with Crippen LogP contribution in [0.5, 0.6) is 0 Å². The Bertz CT molecular complexity index is 805. The molecule has 4 atom stereocenters. The van der Waals surface area contributed by atoms with Gasteiger partial charge in [0.15, 0.2) is 8.22 Å². The normalized spacial score (nSPS) is 14.4. The molecule has 0 saturated heterocycles. The van der Waals surface area contributed by atoms with Crippen molar-refractivity contribution in [1.82, 2.24) is 0 Å². The second-order valence-corrected chi connectivity index (χ2v) is 9.41. The zero-order valence-electron chi connectivity index (χ0n) is 17.6. The van der Waals surface area contributed by atoms with Crippen LogP contribution in [0.25, 0.3) is 0 Å². The SMILES string of the molecule is C[C@@H](C(=O)OCc1ccccc1)C(I)OC(=O)OC(I)[C@@H](C)C(=O)OCc1ccccc1. The van der Waals surface area contributed by atoms with Gasteiger partial charge in [-0.15, -0.1) is 0 Å². The van der Waals surface area contributed by atoms with Gasteiger partial charge in [-0.25, -0.2) is 4.79 Å². The van der Waals surface area contributed by atoms with E-state index in [-0.39, 0.29) is 13.2 Å².